The number of aliphatic hydroxyl groups is 1. The lowest BCUT2D eigenvalue weighted by molar-refractivity contribution is -0.170. The van der Waals surface area contributed by atoms with E-state index in [0.29, 0.717) is 36.7 Å². The second-order valence-electron chi connectivity index (χ2n) is 13.3. The van der Waals surface area contributed by atoms with Gasteiger partial charge in [-0.25, -0.2) is 4.79 Å². The van der Waals surface area contributed by atoms with Crippen molar-refractivity contribution in [3.63, 3.8) is 0 Å². The highest BCUT2D eigenvalue weighted by atomic mass is 16.5. The summed E-state index contributed by atoms with van der Waals surface area (Å²) in [5.74, 6) is -1.17. The molecule has 9 heteroatoms. The van der Waals surface area contributed by atoms with Crippen LogP contribution in [0.2, 0.25) is 0 Å². The monoisotopic (exact) mass is 593 g/mol. The van der Waals surface area contributed by atoms with Crippen molar-refractivity contribution in [2.24, 2.45) is 28.6 Å². The molecule has 0 aliphatic heterocycles. The molecule has 9 nitrogen and oxygen atoms in total. The maximum absolute atomic E-state index is 13.5. The molecule has 3 saturated carbocycles. The Labute approximate surface area is 252 Å². The minimum absolute atomic E-state index is 0.00264. The Morgan fingerprint density at radius 3 is 2.42 bits per heavy atom. The summed E-state index contributed by atoms with van der Waals surface area (Å²) in [5, 5.41) is 14.4. The minimum Gasteiger partial charge on any atom is -0.467 e. The first-order valence-corrected chi connectivity index (χ1v) is 15.5. The number of benzene rings is 1. The van der Waals surface area contributed by atoms with E-state index in [-0.39, 0.29) is 30.0 Å². The molecule has 0 saturated heterocycles. The van der Waals surface area contributed by atoms with Gasteiger partial charge in [0.1, 0.15) is 5.60 Å². The van der Waals surface area contributed by atoms with E-state index in [1.165, 1.54) is 12.7 Å². The molecule has 0 heterocycles. The third-order valence-electron chi connectivity index (χ3n) is 11.4. The van der Waals surface area contributed by atoms with E-state index in [9.17, 15) is 29.1 Å². The number of ketones is 2. The van der Waals surface area contributed by atoms with Crippen LogP contribution in [-0.2, 0) is 33.4 Å². The standard InChI is InChI=1S/C34H43NO8/c1-32-16-13-23(36)19-22(32)9-10-24-25(32)14-17-33(2)26(24)15-18-34(33,41)27(37)20-43-29(39)12-11-28(38)35-30(31(40)42-3)21-7-5-4-6-8-21/h4-8,19,24-26,30,41H,9-18,20H2,1-3H3,(H,35,38)/t24-,25+,26+,30-,32+,33+,34+/m1/s1. The lowest BCUT2D eigenvalue weighted by Crippen LogP contribution is -2.58. The number of amides is 1. The SMILES string of the molecule is COC(=O)[C@H](NC(=O)CCC(=O)OCC(=O)[C@@]1(O)CC[C@H]2[C@@H]3CCC4=CC(=O)CC[C@]4(C)[C@H]3CC[C@@]21C)c1ccccc1. The number of esters is 2. The van der Waals surface area contributed by atoms with E-state index in [2.05, 4.69) is 12.2 Å². The highest BCUT2D eigenvalue weighted by molar-refractivity contribution is 5.92. The summed E-state index contributed by atoms with van der Waals surface area (Å²) in [6.45, 7) is 3.77. The molecule has 0 unspecified atom stereocenters. The van der Waals surface area contributed by atoms with Gasteiger partial charge in [-0.3, -0.25) is 19.2 Å². The van der Waals surface area contributed by atoms with Crippen molar-refractivity contribution in [2.75, 3.05) is 13.7 Å². The lowest BCUT2D eigenvalue weighted by Gasteiger charge is -2.58. The van der Waals surface area contributed by atoms with E-state index >= 15 is 0 Å². The van der Waals surface area contributed by atoms with E-state index in [4.69, 9.17) is 9.47 Å². The number of rotatable bonds is 9. The highest BCUT2D eigenvalue weighted by Crippen LogP contribution is 2.67. The van der Waals surface area contributed by atoms with Gasteiger partial charge in [0.05, 0.1) is 13.5 Å². The van der Waals surface area contributed by atoms with Crippen molar-refractivity contribution >= 4 is 29.4 Å². The number of hydrogen-bond donors (Lipinski definition) is 2. The van der Waals surface area contributed by atoms with Crippen molar-refractivity contribution in [2.45, 2.75) is 89.7 Å². The number of fused-ring (bicyclic) bond motifs is 5. The molecule has 2 N–H and O–H groups in total. The molecule has 0 bridgehead atoms. The fourth-order valence-corrected chi connectivity index (χ4v) is 8.86. The predicted molar refractivity (Wildman–Crippen MR) is 156 cm³/mol. The molecule has 0 aromatic heterocycles. The van der Waals surface area contributed by atoms with Crippen LogP contribution in [-0.4, -0.2) is 53.8 Å². The molecule has 3 fully saturated rings. The van der Waals surface area contributed by atoms with E-state index in [1.54, 1.807) is 30.3 Å². The van der Waals surface area contributed by atoms with Crippen LogP contribution >= 0.6 is 0 Å². The Balaban J connectivity index is 1.16. The van der Waals surface area contributed by atoms with Crippen LogP contribution in [0.1, 0.15) is 89.7 Å². The van der Waals surface area contributed by atoms with Crippen LogP contribution in [0.15, 0.2) is 42.0 Å². The van der Waals surface area contributed by atoms with Gasteiger partial charge in [0.15, 0.2) is 18.4 Å². The van der Waals surface area contributed by atoms with Crippen LogP contribution in [0, 0.1) is 28.6 Å². The van der Waals surface area contributed by atoms with Crippen molar-refractivity contribution in [1.29, 1.82) is 0 Å². The molecule has 1 amide bonds. The van der Waals surface area contributed by atoms with E-state index in [1.807, 2.05) is 13.0 Å². The molecule has 0 radical (unpaired) electrons. The van der Waals surface area contributed by atoms with E-state index in [0.717, 1.165) is 32.1 Å². The molecule has 5 rings (SSSR count). The van der Waals surface area contributed by atoms with Crippen LogP contribution < -0.4 is 5.32 Å². The highest BCUT2D eigenvalue weighted by Gasteiger charge is 2.66. The number of carbonyl (C=O) groups is 5. The molecular formula is C34H43NO8. The molecule has 4 aliphatic carbocycles. The third kappa shape index (κ3) is 5.56. The first-order chi connectivity index (χ1) is 20.4. The number of Topliss-reactive ketones (excluding diaryl/α,β-unsaturated/α-hetero) is 1. The number of carbonyl (C=O) groups excluding carboxylic acids is 5. The second kappa shape index (κ2) is 12.0. The summed E-state index contributed by atoms with van der Waals surface area (Å²) in [6, 6.07) is 7.63. The molecule has 7 atom stereocenters. The normalized spacial score (nSPS) is 33.6. The number of methoxy groups -OCH3 is 1. The van der Waals surface area contributed by atoms with Gasteiger partial charge in [-0.2, -0.15) is 0 Å². The zero-order valence-corrected chi connectivity index (χ0v) is 25.4. The van der Waals surface area contributed by atoms with Crippen LogP contribution in [0.25, 0.3) is 0 Å². The average Bonchev–Trinajstić information content (AvgIpc) is 3.29. The first kappa shape index (κ1) is 31.1. The number of nitrogens with one attached hydrogen (secondary N) is 1. The van der Waals surface area contributed by atoms with Crippen LogP contribution in [0.4, 0.5) is 0 Å². The lowest BCUT2D eigenvalue weighted by atomic mass is 9.46. The van der Waals surface area contributed by atoms with Crippen molar-refractivity contribution in [1.82, 2.24) is 5.32 Å². The topological polar surface area (TPSA) is 136 Å². The molecule has 232 valence electrons. The number of allylic oxidation sites excluding steroid dienone is 1. The van der Waals surface area contributed by atoms with Crippen LogP contribution in [0.5, 0.6) is 0 Å². The summed E-state index contributed by atoms with van der Waals surface area (Å²) in [6.07, 6.45) is 7.33. The van der Waals surface area contributed by atoms with Gasteiger partial charge >= 0.3 is 11.9 Å². The second-order valence-corrected chi connectivity index (χ2v) is 13.3. The Kier molecular flexibility index (Phi) is 8.67. The number of hydrogen-bond acceptors (Lipinski definition) is 8. The Morgan fingerprint density at radius 2 is 1.70 bits per heavy atom. The van der Waals surface area contributed by atoms with E-state index < -0.39 is 47.3 Å². The van der Waals surface area contributed by atoms with Gasteiger partial charge in [0.2, 0.25) is 11.7 Å². The molecule has 43 heavy (non-hydrogen) atoms. The Bertz CT molecular complexity index is 1320. The summed E-state index contributed by atoms with van der Waals surface area (Å²) < 4.78 is 10.1. The fraction of sp³-hybridized carbons (Fsp3) is 0.618. The molecule has 4 aliphatic rings. The largest absolute Gasteiger partial charge is 0.467 e. The minimum atomic E-state index is -1.58. The fourth-order valence-electron chi connectivity index (χ4n) is 8.86. The molecular weight excluding hydrogens is 550 g/mol. The van der Waals surface area contributed by atoms with Gasteiger partial charge in [0, 0.05) is 18.3 Å². The van der Waals surface area contributed by atoms with Crippen LogP contribution in [0.3, 0.4) is 0 Å². The maximum Gasteiger partial charge on any atom is 0.333 e. The average molecular weight is 594 g/mol. The maximum atomic E-state index is 13.5. The smallest absolute Gasteiger partial charge is 0.333 e. The molecule has 0 spiro atoms. The van der Waals surface area contributed by atoms with Gasteiger partial charge in [0.25, 0.3) is 0 Å². The van der Waals surface area contributed by atoms with Gasteiger partial charge in [-0.15, -0.1) is 0 Å². The summed E-state index contributed by atoms with van der Waals surface area (Å²) >= 11 is 0. The Morgan fingerprint density at radius 1 is 0.977 bits per heavy atom. The summed E-state index contributed by atoms with van der Waals surface area (Å²) in [7, 11) is 1.23. The van der Waals surface area contributed by atoms with Crippen molar-refractivity contribution in [3.8, 4) is 0 Å². The zero-order chi connectivity index (χ0) is 31.0. The van der Waals surface area contributed by atoms with Crippen molar-refractivity contribution < 1.29 is 38.6 Å². The summed E-state index contributed by atoms with van der Waals surface area (Å²) in [5.41, 5.74) is -0.361. The van der Waals surface area contributed by atoms with Crippen molar-refractivity contribution in [3.05, 3.63) is 47.5 Å². The van der Waals surface area contributed by atoms with Gasteiger partial charge < -0.3 is 19.9 Å². The first-order valence-electron chi connectivity index (χ1n) is 15.5. The quantitative estimate of drug-likeness (QED) is 0.407. The molecule has 1 aromatic carbocycles. The predicted octanol–water partition coefficient (Wildman–Crippen LogP) is 4.17. The summed E-state index contributed by atoms with van der Waals surface area (Å²) in [4.78, 5) is 62.8. The zero-order valence-electron chi connectivity index (χ0n) is 25.4. The number of ether oxygens (including phenoxy) is 2. The van der Waals surface area contributed by atoms with Gasteiger partial charge in [-0.05, 0) is 79.8 Å². The Hall–Kier alpha value is -3.33. The van der Waals surface area contributed by atoms with Gasteiger partial charge in [-0.1, -0.05) is 49.8 Å². The molecule has 1 aromatic rings. The third-order valence-corrected chi connectivity index (χ3v) is 11.4.